The van der Waals surface area contributed by atoms with Gasteiger partial charge in [0.2, 0.25) is 0 Å². The smallest absolute Gasteiger partial charge is 0.0622 e. The first kappa shape index (κ1) is 65.7. The normalized spacial score (nSPS) is 12.3. The van der Waals surface area contributed by atoms with E-state index in [1.165, 1.54) is 94.6 Å². The molecule has 0 saturated heterocycles. The Kier molecular flexibility index (Phi) is 17.5. The first-order chi connectivity index (χ1) is 53.1. The lowest BCUT2D eigenvalue weighted by Gasteiger charge is -2.41. The van der Waals surface area contributed by atoms with E-state index in [4.69, 9.17) is 0 Å². The minimum absolute atomic E-state index is 0.116. The molecule has 0 saturated carbocycles. The fraction of sp³-hybridized carbons (Fsp3) is 0.0467. The molecule has 0 heteroatoms. The summed E-state index contributed by atoms with van der Waals surface area (Å²) in [5.41, 5.74) is 25.9. The summed E-state index contributed by atoms with van der Waals surface area (Å²) in [6.45, 7) is 0. The predicted octanol–water partition coefficient (Wildman–Crippen LogP) is 25.7. The van der Waals surface area contributed by atoms with Crippen molar-refractivity contribution in [3.8, 4) is 33.4 Å². The third kappa shape index (κ3) is 11.2. The van der Waals surface area contributed by atoms with Crippen molar-refractivity contribution in [2.24, 2.45) is 0 Å². The Morgan fingerprint density at radius 2 is 0.290 bits per heavy atom. The van der Waals surface area contributed by atoms with Crippen LogP contribution in [-0.4, -0.2) is 0 Å². The van der Waals surface area contributed by atoms with Gasteiger partial charge in [0, 0.05) is 5.92 Å². The van der Waals surface area contributed by atoms with Crippen molar-refractivity contribution in [3.63, 3.8) is 0 Å². The second-order valence-corrected chi connectivity index (χ2v) is 28.4. The zero-order valence-electron chi connectivity index (χ0n) is 59.5. The van der Waals surface area contributed by atoms with Crippen LogP contribution >= 0.6 is 0 Å². The minimum Gasteiger partial charge on any atom is -0.0622 e. The van der Waals surface area contributed by atoms with E-state index in [0.29, 0.717) is 0 Å². The summed E-state index contributed by atoms with van der Waals surface area (Å²) in [6, 6.07) is 176. The minimum atomic E-state index is -0.845. The molecule has 17 aromatic carbocycles. The van der Waals surface area contributed by atoms with Gasteiger partial charge in [-0.15, -0.1) is 0 Å². The van der Waals surface area contributed by atoms with Crippen molar-refractivity contribution >= 4 is 0 Å². The highest BCUT2D eigenvalue weighted by Gasteiger charge is 2.46. The molecule has 1 aliphatic rings. The highest BCUT2D eigenvalue weighted by molar-refractivity contribution is 5.85. The fourth-order valence-corrected chi connectivity index (χ4v) is 18.4. The largest absolute Gasteiger partial charge is 0.0701 e. The lowest BCUT2D eigenvalue weighted by Crippen LogP contribution is -2.34. The second kappa shape index (κ2) is 28.4. The second-order valence-electron chi connectivity index (χ2n) is 28.4. The maximum Gasteiger partial charge on any atom is 0.0701 e. The molecular formula is C107H78. The molecule has 17 aromatic rings. The molecule has 0 amide bonds. The maximum absolute atomic E-state index is 2.57. The number of rotatable bonds is 19. The summed E-state index contributed by atoms with van der Waals surface area (Å²) >= 11 is 0. The van der Waals surface area contributed by atoms with Crippen LogP contribution in [0.2, 0.25) is 0 Å². The van der Waals surface area contributed by atoms with E-state index in [1.54, 1.807) is 0 Å². The van der Waals surface area contributed by atoms with Crippen LogP contribution in [0.15, 0.2) is 467 Å². The van der Waals surface area contributed by atoms with Gasteiger partial charge in [0.25, 0.3) is 0 Å². The Balaban J connectivity index is 1.03. The Labute approximate surface area is 629 Å². The predicted molar refractivity (Wildman–Crippen MR) is 443 cm³/mol. The van der Waals surface area contributed by atoms with Gasteiger partial charge in [-0.3, -0.25) is 0 Å². The van der Waals surface area contributed by atoms with E-state index >= 15 is 0 Å². The molecule has 0 aromatic heterocycles. The fourth-order valence-electron chi connectivity index (χ4n) is 18.4. The van der Waals surface area contributed by atoms with Crippen LogP contribution in [0.1, 0.15) is 112 Å². The van der Waals surface area contributed by atoms with E-state index in [0.717, 1.165) is 44.5 Å². The molecule has 0 aliphatic heterocycles. The lowest BCUT2D eigenvalue weighted by atomic mass is 9.61. The van der Waals surface area contributed by atoms with Crippen molar-refractivity contribution in [2.75, 3.05) is 0 Å². The van der Waals surface area contributed by atoms with Crippen molar-refractivity contribution in [1.29, 1.82) is 0 Å². The molecule has 0 atom stereocenters. The van der Waals surface area contributed by atoms with Gasteiger partial charge in [-0.1, -0.05) is 437 Å². The zero-order chi connectivity index (χ0) is 71.5. The molecule has 0 N–H and O–H groups in total. The van der Waals surface area contributed by atoms with E-state index < -0.39 is 21.7 Å². The molecule has 506 valence electrons. The van der Waals surface area contributed by atoms with Crippen LogP contribution in [0.4, 0.5) is 0 Å². The first-order valence-electron chi connectivity index (χ1n) is 37.4. The lowest BCUT2D eigenvalue weighted by molar-refractivity contribution is 0.718. The molecule has 0 nitrogen and oxygen atoms in total. The molecule has 1 aliphatic carbocycles. The van der Waals surface area contributed by atoms with Crippen LogP contribution in [0.3, 0.4) is 0 Å². The molecule has 0 bridgehead atoms. The standard InChI is InChI=1S/C107H78/c1-13-41-83(42-14-1)104(84-43-15-2-16-44-84,85-45-17-3-18-46-85)95-72-80(73-96(76-95)105(86-47-19-4-20-48-86,87-49-21-5-22-50-87)88-51-23-6-24-52-88)78-69-79(71-82(70-78)103-101-67-39-37-65-99(101)100-66-38-40-68-102(100)103)81-74-97(106(89-53-25-7-26-54-89,90-55-27-8-28-56-90)91-57-29-9-30-58-91)77-98(75-81)107(92-59-31-10-32-60-92,93-61-33-11-34-62-93)94-63-35-12-36-64-94/h1-77,103H. The number of fused-ring (bicyclic) bond motifs is 3. The van der Waals surface area contributed by atoms with Gasteiger partial charge in [0.1, 0.15) is 0 Å². The van der Waals surface area contributed by atoms with E-state index in [1.807, 2.05) is 0 Å². The highest BCUT2D eigenvalue weighted by Crippen LogP contribution is 2.56. The Morgan fingerprint density at radius 3 is 0.477 bits per heavy atom. The summed E-state index contributed by atoms with van der Waals surface area (Å²) in [4.78, 5) is 0. The molecule has 0 spiro atoms. The van der Waals surface area contributed by atoms with Gasteiger partial charge >= 0.3 is 0 Å². The molecule has 0 unspecified atom stereocenters. The van der Waals surface area contributed by atoms with Gasteiger partial charge in [-0.05, 0) is 169 Å². The van der Waals surface area contributed by atoms with Crippen molar-refractivity contribution in [1.82, 2.24) is 0 Å². The van der Waals surface area contributed by atoms with Gasteiger partial charge in [-0.2, -0.15) is 0 Å². The Bertz CT molecular complexity index is 4830. The van der Waals surface area contributed by atoms with Crippen molar-refractivity contribution in [3.05, 3.63) is 573 Å². The monoisotopic (exact) mass is 1360 g/mol. The average molecular weight is 1360 g/mol. The molecule has 18 rings (SSSR count). The van der Waals surface area contributed by atoms with E-state index in [2.05, 4.69) is 467 Å². The summed E-state index contributed by atoms with van der Waals surface area (Å²) in [5.74, 6) is -0.116. The molecule has 107 heavy (non-hydrogen) atoms. The molecule has 0 fully saturated rings. The van der Waals surface area contributed by atoms with Crippen LogP contribution in [0, 0.1) is 0 Å². The van der Waals surface area contributed by atoms with Gasteiger partial charge in [0.15, 0.2) is 0 Å². The SMILES string of the molecule is c1ccc(C(c2ccccc2)(c2ccccc2)c2cc(-c3cc(-c4cc(C(c5ccccc5)(c5ccccc5)c5ccccc5)cc(C(c5ccccc5)(c5ccccc5)c5ccccc5)c4)cc(C4c5ccccc5-c5ccccc54)c3)cc(C(c3ccccc3)(c3ccccc3)c3ccccc3)c2)cc1. The van der Waals surface area contributed by atoms with Gasteiger partial charge in [0.05, 0.1) is 21.7 Å². The summed E-state index contributed by atoms with van der Waals surface area (Å²) in [6.07, 6.45) is 0. The average Bonchev–Trinajstić information content (AvgIpc) is 1.38. The molecular weight excluding hydrogens is 1290 g/mol. The van der Waals surface area contributed by atoms with Crippen molar-refractivity contribution < 1.29 is 0 Å². The van der Waals surface area contributed by atoms with Crippen LogP contribution in [0.5, 0.6) is 0 Å². The van der Waals surface area contributed by atoms with Crippen LogP contribution < -0.4 is 0 Å². The quantitative estimate of drug-likeness (QED) is 0.0708. The van der Waals surface area contributed by atoms with E-state index in [-0.39, 0.29) is 5.92 Å². The topological polar surface area (TPSA) is 0 Å². The van der Waals surface area contributed by atoms with Gasteiger partial charge < -0.3 is 0 Å². The summed E-state index contributed by atoms with van der Waals surface area (Å²) in [7, 11) is 0. The molecule has 0 radical (unpaired) electrons. The maximum atomic E-state index is 2.57. The molecule has 0 heterocycles. The van der Waals surface area contributed by atoms with Crippen LogP contribution in [-0.2, 0) is 21.7 Å². The summed E-state index contributed by atoms with van der Waals surface area (Å²) < 4.78 is 0. The summed E-state index contributed by atoms with van der Waals surface area (Å²) in [5, 5.41) is 0. The van der Waals surface area contributed by atoms with Gasteiger partial charge in [-0.25, -0.2) is 0 Å². The Hall–Kier alpha value is -13.3. The third-order valence-corrected chi connectivity index (χ3v) is 22.9. The van der Waals surface area contributed by atoms with E-state index in [9.17, 15) is 0 Å². The number of hydrogen-bond acceptors (Lipinski definition) is 0. The zero-order valence-corrected chi connectivity index (χ0v) is 59.5. The number of hydrogen-bond donors (Lipinski definition) is 0. The third-order valence-electron chi connectivity index (χ3n) is 22.9. The highest BCUT2D eigenvalue weighted by atomic mass is 14.5. The van der Waals surface area contributed by atoms with Crippen LogP contribution in [0.25, 0.3) is 33.4 Å². The first-order valence-corrected chi connectivity index (χ1v) is 37.4. The Morgan fingerprint density at radius 1 is 0.131 bits per heavy atom. The van der Waals surface area contributed by atoms with Crippen molar-refractivity contribution in [2.45, 2.75) is 27.6 Å². The number of benzene rings is 17.